The summed E-state index contributed by atoms with van der Waals surface area (Å²) >= 11 is 1.00. The molecule has 0 saturated carbocycles. The summed E-state index contributed by atoms with van der Waals surface area (Å²) in [5.41, 5.74) is -0.101. The molecule has 182 valence electrons. The van der Waals surface area contributed by atoms with Crippen LogP contribution in [0.4, 0.5) is 13.2 Å². The Morgan fingerprint density at radius 2 is 1.77 bits per heavy atom. The van der Waals surface area contributed by atoms with Gasteiger partial charge in [-0.15, -0.1) is 0 Å². The van der Waals surface area contributed by atoms with Gasteiger partial charge in [0.1, 0.15) is 0 Å². The normalized spacial score (nSPS) is 13.2. The van der Waals surface area contributed by atoms with Crippen molar-refractivity contribution in [1.82, 2.24) is 15.3 Å². The molecule has 8 nitrogen and oxygen atoms in total. The van der Waals surface area contributed by atoms with Crippen molar-refractivity contribution < 1.29 is 37.0 Å². The summed E-state index contributed by atoms with van der Waals surface area (Å²) < 4.78 is 54.8. The van der Waals surface area contributed by atoms with Gasteiger partial charge in [-0.2, -0.15) is 13.2 Å². The van der Waals surface area contributed by atoms with E-state index in [0.717, 1.165) is 36.0 Å². The number of thioether (sulfide) groups is 1. The van der Waals surface area contributed by atoms with Gasteiger partial charge in [0, 0.05) is 24.5 Å². The molecule has 1 atom stereocenters. The van der Waals surface area contributed by atoms with Gasteiger partial charge in [0.2, 0.25) is 12.9 Å². The van der Waals surface area contributed by atoms with E-state index in [2.05, 4.69) is 15.3 Å². The fourth-order valence-electron chi connectivity index (χ4n) is 3.10. The monoisotopic (exact) mass is 505 g/mol. The van der Waals surface area contributed by atoms with Gasteiger partial charge in [-0.25, -0.2) is 9.97 Å². The Kier molecular flexibility index (Phi) is 7.39. The third-order valence-electron chi connectivity index (χ3n) is 4.79. The number of aromatic nitrogens is 2. The molecular formula is C23H18F3N3O5S. The molecule has 0 radical (unpaired) electrons. The number of carbonyl (C=O) groups excluding carboxylic acids is 2. The van der Waals surface area contributed by atoms with Crippen LogP contribution in [-0.4, -0.2) is 34.4 Å². The minimum atomic E-state index is -4.54. The molecule has 12 heteroatoms. The Labute approximate surface area is 201 Å². The predicted molar refractivity (Wildman–Crippen MR) is 117 cm³/mol. The van der Waals surface area contributed by atoms with Crippen LogP contribution in [-0.2, 0) is 27.0 Å². The van der Waals surface area contributed by atoms with Crippen molar-refractivity contribution in [2.45, 2.75) is 24.0 Å². The molecule has 0 fully saturated rings. The third kappa shape index (κ3) is 6.41. The first kappa shape index (κ1) is 24.3. The summed E-state index contributed by atoms with van der Waals surface area (Å²) in [7, 11) is 0. The summed E-state index contributed by atoms with van der Waals surface area (Å²) in [5, 5.41) is 2.98. The minimum Gasteiger partial charge on any atom is -0.454 e. The van der Waals surface area contributed by atoms with Crippen LogP contribution in [0.3, 0.4) is 0 Å². The molecular weight excluding hydrogens is 487 g/mol. The minimum absolute atomic E-state index is 0.0662. The van der Waals surface area contributed by atoms with E-state index in [1.54, 1.807) is 24.3 Å². The van der Waals surface area contributed by atoms with E-state index < -0.39 is 29.7 Å². The fourth-order valence-corrected chi connectivity index (χ4v) is 3.69. The standard InChI is InChI=1S/C23H18F3N3O5S/c24-23(25,26)16-5-3-15(4-6-16)20(34-19(30)12-35-22-27-8-1-9-28-22)21(31)29-11-14-2-7-17-18(10-14)33-13-32-17/h1-10,20H,11-13H2,(H,29,31). The maximum Gasteiger partial charge on any atom is 0.416 e. The van der Waals surface area contributed by atoms with Crippen LogP contribution >= 0.6 is 11.8 Å². The molecule has 4 rings (SSSR count). The Morgan fingerprint density at radius 1 is 1.06 bits per heavy atom. The van der Waals surface area contributed by atoms with Gasteiger partial charge < -0.3 is 19.5 Å². The van der Waals surface area contributed by atoms with Crippen LogP contribution in [0.2, 0.25) is 0 Å². The highest BCUT2D eigenvalue weighted by molar-refractivity contribution is 7.99. The van der Waals surface area contributed by atoms with Crippen molar-refractivity contribution in [3.8, 4) is 11.5 Å². The Balaban J connectivity index is 1.46. The summed E-state index contributed by atoms with van der Waals surface area (Å²) in [4.78, 5) is 33.4. The number of hydrogen-bond acceptors (Lipinski definition) is 8. The van der Waals surface area contributed by atoms with Crippen LogP contribution in [0.5, 0.6) is 11.5 Å². The Morgan fingerprint density at radius 3 is 2.49 bits per heavy atom. The maximum atomic E-state index is 13.0. The number of fused-ring (bicyclic) bond motifs is 1. The second-order valence-electron chi connectivity index (χ2n) is 7.22. The predicted octanol–water partition coefficient (Wildman–Crippen LogP) is 3.92. The first-order chi connectivity index (χ1) is 16.8. The summed E-state index contributed by atoms with van der Waals surface area (Å²) in [5.74, 6) is -0.544. The molecule has 1 aliphatic rings. The lowest BCUT2D eigenvalue weighted by Crippen LogP contribution is -2.32. The molecule has 3 aromatic rings. The zero-order valence-corrected chi connectivity index (χ0v) is 18.8. The van der Waals surface area contributed by atoms with E-state index in [9.17, 15) is 22.8 Å². The molecule has 1 unspecified atom stereocenters. The van der Waals surface area contributed by atoms with Crippen molar-refractivity contribution in [1.29, 1.82) is 0 Å². The lowest BCUT2D eigenvalue weighted by molar-refractivity contribution is -0.154. The number of nitrogens with one attached hydrogen (secondary N) is 1. The number of amides is 1. The number of rotatable bonds is 8. The quantitative estimate of drug-likeness (QED) is 0.280. The highest BCUT2D eigenvalue weighted by Crippen LogP contribution is 2.33. The molecule has 0 bridgehead atoms. The largest absolute Gasteiger partial charge is 0.454 e. The van der Waals surface area contributed by atoms with E-state index in [-0.39, 0.29) is 24.7 Å². The van der Waals surface area contributed by atoms with Crippen LogP contribution in [0.15, 0.2) is 66.1 Å². The van der Waals surface area contributed by atoms with Gasteiger partial charge in [-0.3, -0.25) is 9.59 Å². The van der Waals surface area contributed by atoms with Gasteiger partial charge in [0.25, 0.3) is 5.91 Å². The number of alkyl halides is 3. The van der Waals surface area contributed by atoms with E-state index in [0.29, 0.717) is 22.2 Å². The number of halogens is 3. The van der Waals surface area contributed by atoms with Crippen molar-refractivity contribution in [2.24, 2.45) is 0 Å². The second kappa shape index (κ2) is 10.6. The number of nitrogens with zero attached hydrogens (tertiary/aromatic N) is 2. The van der Waals surface area contributed by atoms with Crippen molar-refractivity contribution >= 4 is 23.6 Å². The van der Waals surface area contributed by atoms with Gasteiger partial charge in [0.05, 0.1) is 11.3 Å². The molecule has 1 aliphatic heterocycles. The molecule has 0 saturated heterocycles. The molecule has 1 N–H and O–H groups in total. The Hall–Kier alpha value is -3.80. The summed E-state index contributed by atoms with van der Waals surface area (Å²) in [6.45, 7) is 0.167. The fraction of sp³-hybridized carbons (Fsp3) is 0.217. The maximum absolute atomic E-state index is 13.0. The van der Waals surface area contributed by atoms with E-state index in [4.69, 9.17) is 14.2 Å². The van der Waals surface area contributed by atoms with E-state index >= 15 is 0 Å². The molecule has 35 heavy (non-hydrogen) atoms. The lowest BCUT2D eigenvalue weighted by atomic mass is 10.1. The lowest BCUT2D eigenvalue weighted by Gasteiger charge is -2.19. The number of esters is 1. The highest BCUT2D eigenvalue weighted by Gasteiger charge is 2.31. The number of carbonyl (C=O) groups is 2. The average molecular weight is 505 g/mol. The van der Waals surface area contributed by atoms with Gasteiger partial charge in [0.15, 0.2) is 16.7 Å². The zero-order chi connectivity index (χ0) is 24.8. The highest BCUT2D eigenvalue weighted by atomic mass is 32.2. The van der Waals surface area contributed by atoms with Crippen LogP contribution < -0.4 is 14.8 Å². The van der Waals surface area contributed by atoms with E-state index in [1.807, 2.05) is 0 Å². The second-order valence-corrected chi connectivity index (χ2v) is 8.16. The topological polar surface area (TPSA) is 99.6 Å². The number of benzene rings is 2. The summed E-state index contributed by atoms with van der Waals surface area (Å²) in [6, 6.07) is 10.6. The first-order valence-corrected chi connectivity index (χ1v) is 11.2. The number of ether oxygens (including phenoxy) is 3. The SMILES string of the molecule is O=C(CSc1ncccn1)OC(C(=O)NCc1ccc2c(c1)OCO2)c1ccc(C(F)(F)F)cc1. The first-order valence-electron chi connectivity index (χ1n) is 10.2. The van der Waals surface area contributed by atoms with Gasteiger partial charge in [-0.1, -0.05) is 30.0 Å². The molecule has 2 aromatic carbocycles. The van der Waals surface area contributed by atoms with Crippen LogP contribution in [0, 0.1) is 0 Å². The molecule has 2 heterocycles. The number of hydrogen-bond donors (Lipinski definition) is 1. The van der Waals surface area contributed by atoms with Crippen molar-refractivity contribution in [3.05, 3.63) is 77.6 Å². The third-order valence-corrected chi connectivity index (χ3v) is 5.64. The van der Waals surface area contributed by atoms with Crippen molar-refractivity contribution in [2.75, 3.05) is 12.5 Å². The molecule has 0 spiro atoms. The molecule has 1 aromatic heterocycles. The summed E-state index contributed by atoms with van der Waals surface area (Å²) in [6.07, 6.45) is -2.99. The molecule has 0 aliphatic carbocycles. The van der Waals surface area contributed by atoms with Crippen molar-refractivity contribution in [3.63, 3.8) is 0 Å². The van der Waals surface area contributed by atoms with Crippen LogP contribution in [0.25, 0.3) is 0 Å². The smallest absolute Gasteiger partial charge is 0.416 e. The van der Waals surface area contributed by atoms with Crippen LogP contribution in [0.1, 0.15) is 22.8 Å². The van der Waals surface area contributed by atoms with E-state index in [1.165, 1.54) is 12.4 Å². The molecule has 1 amide bonds. The van der Waals surface area contributed by atoms with Gasteiger partial charge >= 0.3 is 12.1 Å². The van der Waals surface area contributed by atoms with Gasteiger partial charge in [-0.05, 0) is 35.9 Å². The Bertz CT molecular complexity index is 1190. The average Bonchev–Trinajstić information content (AvgIpc) is 3.33. The zero-order valence-electron chi connectivity index (χ0n) is 17.9.